The van der Waals surface area contributed by atoms with Gasteiger partial charge >= 0.3 is 6.03 Å². The van der Waals surface area contributed by atoms with Crippen LogP contribution in [0.25, 0.3) is 0 Å². The molecule has 1 aliphatic rings. The standard InChI is InChI=1S/C18H22N4O3/c1-12-17(13(2)25-21-12)20-16(23)7-9-19-18(24)22-10-8-14-5-3-4-6-15(14)11-22/h3-6H,7-11H2,1-2H3,(H,19,24)(H,20,23). The van der Waals surface area contributed by atoms with Crippen molar-refractivity contribution in [2.45, 2.75) is 33.2 Å². The quantitative estimate of drug-likeness (QED) is 0.893. The zero-order valence-electron chi connectivity index (χ0n) is 14.5. The van der Waals surface area contributed by atoms with Gasteiger partial charge in [0, 0.05) is 26.1 Å². The molecule has 1 aliphatic heterocycles. The lowest BCUT2D eigenvalue weighted by Crippen LogP contribution is -2.43. The molecule has 2 N–H and O–H groups in total. The number of benzene rings is 1. The van der Waals surface area contributed by atoms with E-state index in [0.29, 0.717) is 30.2 Å². The molecule has 0 atom stereocenters. The number of hydrogen-bond acceptors (Lipinski definition) is 4. The summed E-state index contributed by atoms with van der Waals surface area (Å²) >= 11 is 0. The first kappa shape index (κ1) is 17.0. The average molecular weight is 342 g/mol. The van der Waals surface area contributed by atoms with E-state index in [1.807, 2.05) is 18.2 Å². The predicted octanol–water partition coefficient (Wildman–Crippen LogP) is 2.39. The zero-order valence-corrected chi connectivity index (χ0v) is 14.5. The van der Waals surface area contributed by atoms with Gasteiger partial charge in [-0.2, -0.15) is 0 Å². The molecule has 7 nitrogen and oxygen atoms in total. The highest BCUT2D eigenvalue weighted by Gasteiger charge is 2.20. The van der Waals surface area contributed by atoms with Gasteiger partial charge in [0.1, 0.15) is 11.4 Å². The molecule has 0 unspecified atom stereocenters. The Morgan fingerprint density at radius 2 is 2.00 bits per heavy atom. The van der Waals surface area contributed by atoms with Gasteiger partial charge in [0.05, 0.1) is 0 Å². The summed E-state index contributed by atoms with van der Waals surface area (Å²) < 4.78 is 5.01. The molecule has 3 amide bonds. The molecular weight excluding hydrogens is 320 g/mol. The summed E-state index contributed by atoms with van der Waals surface area (Å²) in [6.45, 7) is 5.08. The van der Waals surface area contributed by atoms with Crippen molar-refractivity contribution < 1.29 is 14.1 Å². The largest absolute Gasteiger partial charge is 0.359 e. The van der Waals surface area contributed by atoms with Crippen LogP contribution in [0.5, 0.6) is 0 Å². The molecule has 0 radical (unpaired) electrons. The van der Waals surface area contributed by atoms with Crippen LogP contribution >= 0.6 is 0 Å². The summed E-state index contributed by atoms with van der Waals surface area (Å²) in [5, 5.41) is 9.37. The Morgan fingerprint density at radius 3 is 2.72 bits per heavy atom. The normalized spacial score (nSPS) is 13.3. The van der Waals surface area contributed by atoms with Gasteiger partial charge < -0.3 is 20.1 Å². The van der Waals surface area contributed by atoms with Gasteiger partial charge in [0.2, 0.25) is 5.91 Å². The van der Waals surface area contributed by atoms with Crippen molar-refractivity contribution in [1.29, 1.82) is 0 Å². The Labute approximate surface area is 146 Å². The lowest BCUT2D eigenvalue weighted by Gasteiger charge is -2.28. The molecule has 0 saturated heterocycles. The van der Waals surface area contributed by atoms with Crippen LogP contribution in [0.1, 0.15) is 29.0 Å². The molecule has 1 aromatic carbocycles. The van der Waals surface area contributed by atoms with Crippen LogP contribution < -0.4 is 10.6 Å². The van der Waals surface area contributed by atoms with Crippen molar-refractivity contribution in [2.75, 3.05) is 18.4 Å². The molecule has 2 aromatic rings. The van der Waals surface area contributed by atoms with Crippen molar-refractivity contribution in [1.82, 2.24) is 15.4 Å². The number of nitrogens with one attached hydrogen (secondary N) is 2. The Balaban J connectivity index is 1.45. The van der Waals surface area contributed by atoms with Crippen LogP contribution in [0.2, 0.25) is 0 Å². The zero-order chi connectivity index (χ0) is 17.8. The number of carbonyl (C=O) groups is 2. The second kappa shape index (κ2) is 7.38. The SMILES string of the molecule is Cc1noc(C)c1NC(=O)CCNC(=O)N1CCc2ccccc2C1. The molecule has 0 fully saturated rings. The lowest BCUT2D eigenvalue weighted by atomic mass is 10.0. The second-order valence-electron chi connectivity index (χ2n) is 6.17. The number of urea groups is 1. The lowest BCUT2D eigenvalue weighted by molar-refractivity contribution is -0.116. The molecule has 1 aromatic heterocycles. The third kappa shape index (κ3) is 3.99. The molecule has 132 valence electrons. The minimum absolute atomic E-state index is 0.139. The maximum Gasteiger partial charge on any atom is 0.317 e. The van der Waals surface area contributed by atoms with E-state index in [2.05, 4.69) is 21.9 Å². The fourth-order valence-electron chi connectivity index (χ4n) is 2.93. The molecule has 7 heteroatoms. The van der Waals surface area contributed by atoms with Gasteiger partial charge in [0.15, 0.2) is 5.76 Å². The number of hydrogen-bond donors (Lipinski definition) is 2. The fourth-order valence-corrected chi connectivity index (χ4v) is 2.93. The number of fused-ring (bicyclic) bond motifs is 1. The molecule has 0 spiro atoms. The summed E-state index contributed by atoms with van der Waals surface area (Å²) in [5.74, 6) is 0.389. The van der Waals surface area contributed by atoms with E-state index in [0.717, 1.165) is 6.42 Å². The monoisotopic (exact) mass is 342 g/mol. The summed E-state index contributed by atoms with van der Waals surface area (Å²) in [5.41, 5.74) is 3.72. The van der Waals surface area contributed by atoms with Crippen LogP contribution in [-0.2, 0) is 17.8 Å². The molecular formula is C18H22N4O3. The van der Waals surface area contributed by atoms with Crippen molar-refractivity contribution in [3.8, 4) is 0 Å². The van der Waals surface area contributed by atoms with Crippen molar-refractivity contribution >= 4 is 17.6 Å². The minimum Gasteiger partial charge on any atom is -0.359 e. The predicted molar refractivity (Wildman–Crippen MR) is 93.2 cm³/mol. The number of carbonyl (C=O) groups excluding carboxylic acids is 2. The summed E-state index contributed by atoms with van der Waals surface area (Å²) in [6.07, 6.45) is 1.05. The number of aryl methyl sites for hydroxylation is 2. The number of aromatic nitrogens is 1. The highest BCUT2D eigenvalue weighted by Crippen LogP contribution is 2.19. The summed E-state index contributed by atoms with van der Waals surface area (Å²) in [6, 6.07) is 8.01. The summed E-state index contributed by atoms with van der Waals surface area (Å²) in [4.78, 5) is 26.0. The van der Waals surface area contributed by atoms with Gasteiger partial charge in [-0.1, -0.05) is 29.4 Å². The van der Waals surface area contributed by atoms with E-state index in [-0.39, 0.29) is 24.9 Å². The highest BCUT2D eigenvalue weighted by molar-refractivity contribution is 5.92. The van der Waals surface area contributed by atoms with Gasteiger partial charge in [-0.15, -0.1) is 0 Å². The molecule has 0 aliphatic carbocycles. The topological polar surface area (TPSA) is 87.5 Å². The maximum atomic E-state index is 12.3. The smallest absolute Gasteiger partial charge is 0.317 e. The first-order valence-corrected chi connectivity index (χ1v) is 8.37. The summed E-state index contributed by atoms with van der Waals surface area (Å²) in [7, 11) is 0. The van der Waals surface area contributed by atoms with Gasteiger partial charge in [-0.25, -0.2) is 4.79 Å². The van der Waals surface area contributed by atoms with Gasteiger partial charge in [0.25, 0.3) is 0 Å². The Hall–Kier alpha value is -2.83. The van der Waals surface area contributed by atoms with E-state index in [1.165, 1.54) is 11.1 Å². The van der Waals surface area contributed by atoms with Crippen LogP contribution in [0.15, 0.2) is 28.8 Å². The third-order valence-electron chi connectivity index (χ3n) is 4.34. The van der Waals surface area contributed by atoms with Gasteiger partial charge in [-0.3, -0.25) is 4.79 Å². The van der Waals surface area contributed by atoms with E-state index < -0.39 is 0 Å². The number of anilines is 1. The Morgan fingerprint density at radius 1 is 1.24 bits per heavy atom. The second-order valence-corrected chi connectivity index (χ2v) is 6.17. The van der Waals surface area contributed by atoms with Crippen molar-refractivity contribution in [3.05, 3.63) is 46.8 Å². The molecule has 2 heterocycles. The van der Waals surface area contributed by atoms with Crippen LogP contribution in [0, 0.1) is 13.8 Å². The number of amides is 3. The van der Waals surface area contributed by atoms with Crippen molar-refractivity contribution in [3.63, 3.8) is 0 Å². The molecule has 0 saturated carbocycles. The number of nitrogens with zero attached hydrogens (tertiary/aromatic N) is 2. The van der Waals surface area contributed by atoms with Crippen molar-refractivity contribution in [2.24, 2.45) is 0 Å². The fraction of sp³-hybridized carbons (Fsp3) is 0.389. The average Bonchev–Trinajstić information content (AvgIpc) is 2.93. The van der Waals surface area contributed by atoms with E-state index in [9.17, 15) is 9.59 Å². The highest BCUT2D eigenvalue weighted by atomic mass is 16.5. The Kier molecular flexibility index (Phi) is 5.02. The molecule has 0 bridgehead atoms. The minimum atomic E-state index is -0.182. The first-order chi connectivity index (χ1) is 12.0. The number of rotatable bonds is 4. The van der Waals surface area contributed by atoms with Crippen LogP contribution in [0.4, 0.5) is 10.5 Å². The van der Waals surface area contributed by atoms with E-state index in [1.54, 1.807) is 18.7 Å². The van der Waals surface area contributed by atoms with Crippen LogP contribution in [0.3, 0.4) is 0 Å². The Bertz CT molecular complexity index is 765. The third-order valence-corrected chi connectivity index (χ3v) is 4.34. The molecule has 3 rings (SSSR count). The van der Waals surface area contributed by atoms with Crippen LogP contribution in [-0.4, -0.2) is 35.1 Å². The van der Waals surface area contributed by atoms with Gasteiger partial charge in [-0.05, 0) is 31.4 Å². The molecule has 25 heavy (non-hydrogen) atoms. The first-order valence-electron chi connectivity index (χ1n) is 8.37. The maximum absolute atomic E-state index is 12.3. The van der Waals surface area contributed by atoms with E-state index in [4.69, 9.17) is 4.52 Å². The van der Waals surface area contributed by atoms with E-state index >= 15 is 0 Å².